The van der Waals surface area contributed by atoms with Gasteiger partial charge in [-0.15, -0.1) is 8.78 Å². The summed E-state index contributed by atoms with van der Waals surface area (Å²) in [6, 6.07) is 15.0. The quantitative estimate of drug-likeness (QED) is 0.578. The molecule has 1 amide bonds. The zero-order valence-electron chi connectivity index (χ0n) is 17.0. The van der Waals surface area contributed by atoms with Crippen LogP contribution >= 0.6 is 0 Å². The zero-order valence-corrected chi connectivity index (χ0v) is 17.0. The Bertz CT molecular complexity index is 1250. The average Bonchev–Trinajstić information content (AvgIpc) is 3.52. The van der Waals surface area contributed by atoms with Gasteiger partial charge in [-0.2, -0.15) is 0 Å². The van der Waals surface area contributed by atoms with Gasteiger partial charge in [0.1, 0.15) is 12.1 Å². The molecule has 1 saturated carbocycles. The van der Waals surface area contributed by atoms with Gasteiger partial charge in [-0.3, -0.25) is 9.59 Å². The number of rotatable bonds is 5. The number of aldehydes is 1. The first kappa shape index (κ1) is 20.1. The summed E-state index contributed by atoms with van der Waals surface area (Å²) in [5.74, 6) is -0.0486. The van der Waals surface area contributed by atoms with Crippen LogP contribution in [0.25, 0.3) is 11.3 Å². The van der Waals surface area contributed by atoms with Gasteiger partial charge in [-0.05, 0) is 55.2 Å². The Morgan fingerprint density at radius 2 is 1.84 bits per heavy atom. The topological polar surface area (TPSA) is 77.5 Å². The van der Waals surface area contributed by atoms with Crippen LogP contribution in [0.3, 0.4) is 0 Å². The van der Waals surface area contributed by atoms with Crippen molar-refractivity contribution >= 4 is 18.0 Å². The second kappa shape index (κ2) is 7.12. The van der Waals surface area contributed by atoms with Crippen LogP contribution in [0.5, 0.6) is 11.5 Å². The maximum absolute atomic E-state index is 13.3. The molecule has 6 nitrogen and oxygen atoms in total. The predicted molar refractivity (Wildman–Crippen MR) is 112 cm³/mol. The fourth-order valence-electron chi connectivity index (χ4n) is 3.90. The Balaban J connectivity index is 1.40. The molecule has 162 valence electrons. The van der Waals surface area contributed by atoms with E-state index >= 15 is 0 Å². The molecule has 0 radical (unpaired) electrons. The first-order valence-electron chi connectivity index (χ1n) is 10.0. The highest BCUT2D eigenvalue weighted by Crippen LogP contribution is 2.52. The lowest BCUT2D eigenvalue weighted by atomic mass is 9.94. The number of alkyl halides is 2. The van der Waals surface area contributed by atoms with Gasteiger partial charge in [0.15, 0.2) is 11.5 Å². The molecule has 0 bridgehead atoms. The summed E-state index contributed by atoms with van der Waals surface area (Å²) in [6.07, 6.45) is -1.78. The molecule has 2 heterocycles. The van der Waals surface area contributed by atoms with Crippen molar-refractivity contribution in [2.75, 3.05) is 5.32 Å². The Kier molecular flexibility index (Phi) is 4.47. The molecule has 1 fully saturated rings. The zero-order chi connectivity index (χ0) is 22.5. The summed E-state index contributed by atoms with van der Waals surface area (Å²) in [4.78, 5) is 28.8. The molecule has 0 spiro atoms. The first-order chi connectivity index (χ1) is 15.3. The number of hydrogen-bond donors (Lipinski definition) is 1. The van der Waals surface area contributed by atoms with Crippen LogP contribution in [0.1, 0.15) is 34.3 Å². The van der Waals surface area contributed by atoms with E-state index in [-0.39, 0.29) is 17.4 Å². The van der Waals surface area contributed by atoms with Gasteiger partial charge in [-0.1, -0.05) is 30.3 Å². The number of halogens is 2. The van der Waals surface area contributed by atoms with Crippen LogP contribution in [-0.4, -0.2) is 23.5 Å². The number of fused-ring (bicyclic) bond motifs is 1. The molecule has 2 aliphatic rings. The highest BCUT2D eigenvalue weighted by molar-refractivity contribution is 6.01. The minimum atomic E-state index is -3.71. The molecule has 0 atom stereocenters. The maximum atomic E-state index is 13.3. The number of hydrogen-bond acceptors (Lipinski definition) is 5. The fourth-order valence-corrected chi connectivity index (χ4v) is 3.90. The molecular weight excluding hydrogens is 418 g/mol. The van der Waals surface area contributed by atoms with Crippen LogP contribution in [0, 0.1) is 6.92 Å². The van der Waals surface area contributed by atoms with Crippen molar-refractivity contribution in [3.63, 3.8) is 0 Å². The van der Waals surface area contributed by atoms with Crippen molar-refractivity contribution < 1.29 is 27.8 Å². The third-order valence-electron chi connectivity index (χ3n) is 5.77. The lowest BCUT2D eigenvalue weighted by molar-refractivity contribution is -0.286. The van der Waals surface area contributed by atoms with E-state index in [4.69, 9.17) is 0 Å². The molecule has 1 aromatic heterocycles. The average molecular weight is 436 g/mol. The lowest BCUT2D eigenvalue weighted by Crippen LogP contribution is -2.28. The van der Waals surface area contributed by atoms with Gasteiger partial charge in [0, 0.05) is 11.1 Å². The molecule has 3 aromatic rings. The molecule has 32 heavy (non-hydrogen) atoms. The van der Waals surface area contributed by atoms with Crippen molar-refractivity contribution in [2.45, 2.75) is 31.5 Å². The van der Waals surface area contributed by atoms with Gasteiger partial charge in [-0.25, -0.2) is 4.98 Å². The smallest absolute Gasteiger partial charge is 0.395 e. The van der Waals surface area contributed by atoms with Gasteiger partial charge in [0.25, 0.3) is 0 Å². The number of aryl methyl sites for hydroxylation is 1. The van der Waals surface area contributed by atoms with Crippen LogP contribution in [0.15, 0.2) is 54.6 Å². The summed E-state index contributed by atoms with van der Waals surface area (Å²) in [7, 11) is 0. The van der Waals surface area contributed by atoms with E-state index in [0.29, 0.717) is 35.5 Å². The Labute approximate surface area is 182 Å². The minimum absolute atomic E-state index is 0.0580. The van der Waals surface area contributed by atoms with Crippen LogP contribution in [-0.2, 0) is 10.2 Å². The van der Waals surface area contributed by atoms with Gasteiger partial charge in [0.2, 0.25) is 5.91 Å². The van der Waals surface area contributed by atoms with Crippen molar-refractivity contribution in [1.82, 2.24) is 4.98 Å². The largest absolute Gasteiger partial charge is 0.586 e. The van der Waals surface area contributed by atoms with Gasteiger partial charge in [0.05, 0.1) is 11.1 Å². The molecule has 1 aliphatic heterocycles. The molecule has 8 heteroatoms. The highest BCUT2D eigenvalue weighted by atomic mass is 19.3. The number of benzene rings is 2. The third kappa shape index (κ3) is 3.47. The Morgan fingerprint density at radius 3 is 2.59 bits per heavy atom. The van der Waals surface area contributed by atoms with Crippen LogP contribution < -0.4 is 14.8 Å². The summed E-state index contributed by atoms with van der Waals surface area (Å²) >= 11 is 0. The van der Waals surface area contributed by atoms with E-state index in [1.165, 1.54) is 12.1 Å². The summed E-state index contributed by atoms with van der Waals surface area (Å²) in [6.45, 7) is 1.90. The normalized spacial score (nSPS) is 17.0. The summed E-state index contributed by atoms with van der Waals surface area (Å²) < 4.78 is 35.6. The standard InChI is InChI=1S/C24H18F2N2O4/c1-14-5-8-20(27-21(14)16-4-2-3-15(11-16)13-29)28-22(30)23(9-10-23)17-6-7-18-19(12-17)32-24(25,26)31-18/h2-8,11-13H,9-10H2,1H3,(H,27,28,30). The van der Waals surface area contributed by atoms with E-state index in [9.17, 15) is 18.4 Å². The monoisotopic (exact) mass is 436 g/mol. The number of nitrogens with one attached hydrogen (secondary N) is 1. The molecule has 1 aliphatic carbocycles. The van der Waals surface area contributed by atoms with Crippen LogP contribution in [0.2, 0.25) is 0 Å². The van der Waals surface area contributed by atoms with Crippen LogP contribution in [0.4, 0.5) is 14.6 Å². The van der Waals surface area contributed by atoms with Crippen molar-refractivity contribution in [2.24, 2.45) is 0 Å². The molecule has 1 N–H and O–H groups in total. The number of carbonyl (C=O) groups is 2. The van der Waals surface area contributed by atoms with Gasteiger partial charge < -0.3 is 14.8 Å². The number of amides is 1. The van der Waals surface area contributed by atoms with E-state index in [1.54, 1.807) is 30.3 Å². The van der Waals surface area contributed by atoms with Crippen molar-refractivity contribution in [3.8, 4) is 22.8 Å². The molecule has 0 saturated heterocycles. The maximum Gasteiger partial charge on any atom is 0.586 e. The highest BCUT2D eigenvalue weighted by Gasteiger charge is 2.53. The second-order valence-electron chi connectivity index (χ2n) is 7.97. The SMILES string of the molecule is Cc1ccc(NC(=O)C2(c3ccc4c(c3)OC(F)(F)O4)CC2)nc1-c1cccc(C=O)c1. The van der Waals surface area contributed by atoms with E-state index in [2.05, 4.69) is 19.8 Å². The number of ether oxygens (including phenoxy) is 2. The predicted octanol–water partition coefficient (Wildman–Crippen LogP) is 4.86. The van der Waals surface area contributed by atoms with Crippen molar-refractivity contribution in [3.05, 3.63) is 71.3 Å². The molecular formula is C24H18F2N2O4. The fraction of sp³-hybridized carbons (Fsp3) is 0.208. The number of carbonyl (C=O) groups excluding carboxylic acids is 2. The summed E-state index contributed by atoms with van der Waals surface area (Å²) in [5.41, 5.74) is 2.59. The van der Waals surface area contributed by atoms with E-state index in [0.717, 1.165) is 17.4 Å². The number of aromatic nitrogens is 1. The number of anilines is 1. The third-order valence-corrected chi connectivity index (χ3v) is 5.77. The van der Waals surface area contributed by atoms with Crippen molar-refractivity contribution in [1.29, 1.82) is 0 Å². The lowest BCUT2D eigenvalue weighted by Gasteiger charge is -2.17. The van der Waals surface area contributed by atoms with Gasteiger partial charge >= 0.3 is 6.29 Å². The first-order valence-corrected chi connectivity index (χ1v) is 10.0. The Morgan fingerprint density at radius 1 is 1.06 bits per heavy atom. The molecule has 2 aromatic carbocycles. The number of pyridine rings is 1. The summed E-state index contributed by atoms with van der Waals surface area (Å²) in [5, 5.41) is 2.85. The minimum Gasteiger partial charge on any atom is -0.395 e. The Hall–Kier alpha value is -3.81. The number of nitrogens with zero attached hydrogens (tertiary/aromatic N) is 1. The second-order valence-corrected chi connectivity index (χ2v) is 7.97. The van der Waals surface area contributed by atoms with E-state index < -0.39 is 11.7 Å². The molecule has 0 unspecified atom stereocenters. The van der Waals surface area contributed by atoms with E-state index in [1.807, 2.05) is 19.1 Å². The molecule has 5 rings (SSSR count).